The van der Waals surface area contributed by atoms with Gasteiger partial charge in [-0.25, -0.2) is 0 Å². The predicted molar refractivity (Wildman–Crippen MR) is 87.9 cm³/mol. The lowest BCUT2D eigenvalue weighted by Crippen LogP contribution is -2.41. The van der Waals surface area contributed by atoms with Gasteiger partial charge in [-0.3, -0.25) is 9.69 Å². The SMILES string of the molecule is CC1CCN(CC(=O)N[C@@H](C)c2ccc(Cl)c(Cl)c2)CC1. The zero-order valence-corrected chi connectivity index (χ0v) is 14.0. The van der Waals surface area contributed by atoms with Crippen LogP contribution in [0.1, 0.15) is 38.3 Å². The number of carbonyl (C=O) groups excluding carboxylic acids is 1. The quantitative estimate of drug-likeness (QED) is 0.908. The van der Waals surface area contributed by atoms with Crippen molar-refractivity contribution in [3.63, 3.8) is 0 Å². The van der Waals surface area contributed by atoms with Crippen LogP contribution in [0.25, 0.3) is 0 Å². The molecule has 1 atom stereocenters. The number of nitrogens with zero attached hydrogens (tertiary/aromatic N) is 1. The highest BCUT2D eigenvalue weighted by molar-refractivity contribution is 6.42. The van der Waals surface area contributed by atoms with E-state index in [4.69, 9.17) is 23.2 Å². The van der Waals surface area contributed by atoms with Crippen molar-refractivity contribution >= 4 is 29.1 Å². The lowest BCUT2D eigenvalue weighted by Gasteiger charge is -2.30. The van der Waals surface area contributed by atoms with Gasteiger partial charge in [0.05, 0.1) is 22.6 Å². The molecule has 0 saturated carbocycles. The van der Waals surface area contributed by atoms with Crippen LogP contribution in [-0.2, 0) is 4.79 Å². The van der Waals surface area contributed by atoms with E-state index in [2.05, 4.69) is 17.1 Å². The third-order valence-corrected chi connectivity index (χ3v) is 4.80. The standard InChI is InChI=1S/C16H22Cl2N2O/c1-11-5-7-20(8-6-11)10-16(21)19-12(2)13-3-4-14(17)15(18)9-13/h3-4,9,11-12H,5-8,10H2,1-2H3,(H,19,21)/t12-/m0/s1. The summed E-state index contributed by atoms with van der Waals surface area (Å²) >= 11 is 11.9. The van der Waals surface area contributed by atoms with E-state index in [1.807, 2.05) is 13.0 Å². The number of carbonyl (C=O) groups is 1. The fourth-order valence-corrected chi connectivity index (χ4v) is 2.88. The first-order valence-corrected chi connectivity index (χ1v) is 8.18. The summed E-state index contributed by atoms with van der Waals surface area (Å²) in [6.07, 6.45) is 2.35. The third kappa shape index (κ3) is 4.87. The first-order valence-electron chi connectivity index (χ1n) is 7.42. The zero-order valence-electron chi connectivity index (χ0n) is 12.5. The summed E-state index contributed by atoms with van der Waals surface area (Å²) < 4.78 is 0. The number of hydrogen-bond donors (Lipinski definition) is 1. The average molecular weight is 329 g/mol. The molecule has 1 aromatic carbocycles. The molecule has 21 heavy (non-hydrogen) atoms. The highest BCUT2D eigenvalue weighted by atomic mass is 35.5. The van der Waals surface area contributed by atoms with Crippen LogP contribution in [0.3, 0.4) is 0 Å². The second-order valence-corrected chi connectivity index (χ2v) is 6.74. The van der Waals surface area contributed by atoms with Crippen LogP contribution in [0.15, 0.2) is 18.2 Å². The maximum Gasteiger partial charge on any atom is 0.234 e. The summed E-state index contributed by atoms with van der Waals surface area (Å²) in [5.74, 6) is 0.836. The Balaban J connectivity index is 1.85. The van der Waals surface area contributed by atoms with Gasteiger partial charge in [0.15, 0.2) is 0 Å². The minimum absolute atomic E-state index is 0.0584. The zero-order chi connectivity index (χ0) is 15.4. The molecular formula is C16H22Cl2N2O. The molecule has 1 saturated heterocycles. The molecule has 2 rings (SSSR count). The van der Waals surface area contributed by atoms with Crippen LogP contribution >= 0.6 is 23.2 Å². The summed E-state index contributed by atoms with van der Waals surface area (Å²) in [4.78, 5) is 14.3. The second kappa shape index (κ2) is 7.48. The van der Waals surface area contributed by atoms with Crippen LogP contribution < -0.4 is 5.32 Å². The average Bonchev–Trinajstić information content (AvgIpc) is 2.44. The molecule has 5 heteroatoms. The van der Waals surface area contributed by atoms with Gasteiger partial charge in [-0.15, -0.1) is 0 Å². The fourth-order valence-electron chi connectivity index (χ4n) is 2.58. The van der Waals surface area contributed by atoms with Crippen LogP contribution in [0.4, 0.5) is 0 Å². The van der Waals surface area contributed by atoms with Crippen molar-refractivity contribution in [3.8, 4) is 0 Å². The van der Waals surface area contributed by atoms with Gasteiger partial charge in [0.1, 0.15) is 0 Å². The van der Waals surface area contributed by atoms with Crippen LogP contribution in [-0.4, -0.2) is 30.4 Å². The molecule has 0 unspecified atom stereocenters. The second-order valence-electron chi connectivity index (χ2n) is 5.92. The molecule has 1 N–H and O–H groups in total. The van der Waals surface area contributed by atoms with Gasteiger partial charge in [0.25, 0.3) is 0 Å². The summed E-state index contributed by atoms with van der Waals surface area (Å²) in [6.45, 7) is 6.71. The Morgan fingerprint density at radius 2 is 2.00 bits per heavy atom. The Hall–Kier alpha value is -0.770. The lowest BCUT2D eigenvalue weighted by atomic mass is 9.99. The van der Waals surface area contributed by atoms with E-state index in [9.17, 15) is 4.79 Å². The van der Waals surface area contributed by atoms with Gasteiger partial charge in [0.2, 0.25) is 5.91 Å². The van der Waals surface area contributed by atoms with Crippen molar-refractivity contribution in [1.82, 2.24) is 10.2 Å². The number of piperidine rings is 1. The molecule has 0 aromatic heterocycles. The molecule has 0 aliphatic carbocycles. The van der Waals surface area contributed by atoms with E-state index >= 15 is 0 Å². The van der Waals surface area contributed by atoms with Crippen LogP contribution in [0, 0.1) is 5.92 Å². The number of benzene rings is 1. The highest BCUT2D eigenvalue weighted by Gasteiger charge is 2.19. The van der Waals surface area contributed by atoms with E-state index in [0.717, 1.165) is 24.6 Å². The molecule has 1 aliphatic rings. The van der Waals surface area contributed by atoms with Gasteiger partial charge in [-0.2, -0.15) is 0 Å². The van der Waals surface area contributed by atoms with E-state index in [0.29, 0.717) is 16.6 Å². The first kappa shape index (κ1) is 16.6. The molecule has 116 valence electrons. The lowest BCUT2D eigenvalue weighted by molar-refractivity contribution is -0.123. The Morgan fingerprint density at radius 1 is 1.33 bits per heavy atom. The maximum atomic E-state index is 12.1. The molecule has 1 aromatic rings. The van der Waals surface area contributed by atoms with Crippen LogP contribution in [0.5, 0.6) is 0 Å². The molecule has 0 radical (unpaired) electrons. The van der Waals surface area contributed by atoms with Crippen molar-refractivity contribution in [1.29, 1.82) is 0 Å². The number of nitrogens with one attached hydrogen (secondary N) is 1. The number of halogens is 2. The molecule has 1 aliphatic heterocycles. The van der Waals surface area contributed by atoms with E-state index in [-0.39, 0.29) is 11.9 Å². The smallest absolute Gasteiger partial charge is 0.234 e. The topological polar surface area (TPSA) is 32.3 Å². The Labute approximate surface area is 136 Å². The molecule has 3 nitrogen and oxygen atoms in total. The summed E-state index contributed by atoms with van der Waals surface area (Å²) in [7, 11) is 0. The number of amides is 1. The monoisotopic (exact) mass is 328 g/mol. The summed E-state index contributed by atoms with van der Waals surface area (Å²) in [5.41, 5.74) is 0.963. The largest absolute Gasteiger partial charge is 0.348 e. The Bertz CT molecular complexity index is 499. The number of hydrogen-bond acceptors (Lipinski definition) is 2. The summed E-state index contributed by atoms with van der Waals surface area (Å²) in [5, 5.41) is 4.06. The molecule has 0 spiro atoms. The number of likely N-dealkylation sites (tertiary alicyclic amines) is 1. The molecule has 0 bridgehead atoms. The normalized spacial score (nSPS) is 18.5. The van der Waals surface area contributed by atoms with E-state index in [1.54, 1.807) is 12.1 Å². The molecule has 1 fully saturated rings. The van der Waals surface area contributed by atoms with Crippen LogP contribution in [0.2, 0.25) is 10.0 Å². The molecule has 1 amide bonds. The van der Waals surface area contributed by atoms with Gasteiger partial charge in [-0.1, -0.05) is 36.2 Å². The predicted octanol–water partition coefficient (Wildman–Crippen LogP) is 3.90. The van der Waals surface area contributed by atoms with Gasteiger partial charge in [0, 0.05) is 0 Å². The fraction of sp³-hybridized carbons (Fsp3) is 0.562. The van der Waals surface area contributed by atoms with Gasteiger partial charge in [-0.05, 0) is 56.5 Å². The van der Waals surface area contributed by atoms with Crippen molar-refractivity contribution < 1.29 is 4.79 Å². The van der Waals surface area contributed by atoms with Crippen molar-refractivity contribution in [2.45, 2.75) is 32.7 Å². The maximum absolute atomic E-state index is 12.1. The highest BCUT2D eigenvalue weighted by Crippen LogP contribution is 2.25. The third-order valence-electron chi connectivity index (χ3n) is 4.06. The minimum atomic E-state index is -0.0732. The number of rotatable bonds is 4. The van der Waals surface area contributed by atoms with Crippen molar-refractivity contribution in [2.75, 3.05) is 19.6 Å². The Morgan fingerprint density at radius 3 is 2.62 bits per heavy atom. The van der Waals surface area contributed by atoms with Crippen molar-refractivity contribution in [2.24, 2.45) is 5.92 Å². The molecule has 1 heterocycles. The van der Waals surface area contributed by atoms with Gasteiger partial charge >= 0.3 is 0 Å². The Kier molecular flexibility index (Phi) is 5.91. The first-order chi connectivity index (χ1) is 9.95. The van der Waals surface area contributed by atoms with E-state index in [1.165, 1.54) is 12.8 Å². The van der Waals surface area contributed by atoms with Gasteiger partial charge < -0.3 is 5.32 Å². The molecular weight excluding hydrogens is 307 g/mol. The van der Waals surface area contributed by atoms with Crippen molar-refractivity contribution in [3.05, 3.63) is 33.8 Å². The summed E-state index contributed by atoms with van der Waals surface area (Å²) in [6, 6.07) is 5.38. The van der Waals surface area contributed by atoms with E-state index < -0.39 is 0 Å². The minimum Gasteiger partial charge on any atom is -0.348 e.